The first-order valence-corrected chi connectivity index (χ1v) is 5.58. The number of benzene rings is 1. The van der Waals surface area contributed by atoms with Crippen LogP contribution in [0.1, 0.15) is 16.1 Å². The lowest BCUT2D eigenvalue weighted by Crippen LogP contribution is -2.29. The maximum Gasteiger partial charge on any atom is 0.268 e. The number of hydrazine groups is 1. The summed E-state index contributed by atoms with van der Waals surface area (Å²) in [6.45, 7) is 0.193. The predicted molar refractivity (Wildman–Crippen MR) is 67.7 cm³/mol. The average Bonchev–Trinajstić information content (AvgIpc) is 2.93. The summed E-state index contributed by atoms with van der Waals surface area (Å²) in [6, 6.07) is 8.84. The first-order valence-electron chi connectivity index (χ1n) is 5.58. The SMILES string of the molecule is COc1ccccc1OCc1cc(C(=O)NN)co1. The number of rotatable bonds is 5. The highest BCUT2D eigenvalue weighted by Crippen LogP contribution is 2.26. The fourth-order valence-electron chi connectivity index (χ4n) is 1.55. The Labute approximate surface area is 110 Å². The zero-order valence-electron chi connectivity index (χ0n) is 10.4. The van der Waals surface area contributed by atoms with E-state index in [2.05, 4.69) is 0 Å². The van der Waals surface area contributed by atoms with Gasteiger partial charge in [0.15, 0.2) is 11.5 Å². The molecule has 0 fully saturated rings. The number of para-hydroxylation sites is 2. The van der Waals surface area contributed by atoms with E-state index in [-0.39, 0.29) is 6.61 Å². The maximum atomic E-state index is 11.2. The number of carbonyl (C=O) groups is 1. The minimum absolute atomic E-state index is 0.193. The first-order chi connectivity index (χ1) is 9.24. The number of nitrogens with one attached hydrogen (secondary N) is 1. The monoisotopic (exact) mass is 262 g/mol. The summed E-state index contributed by atoms with van der Waals surface area (Å²) >= 11 is 0. The largest absolute Gasteiger partial charge is 0.493 e. The Balaban J connectivity index is 2.02. The van der Waals surface area contributed by atoms with Crippen molar-refractivity contribution in [2.24, 2.45) is 5.84 Å². The van der Waals surface area contributed by atoms with Gasteiger partial charge in [0, 0.05) is 0 Å². The van der Waals surface area contributed by atoms with E-state index < -0.39 is 5.91 Å². The van der Waals surface area contributed by atoms with Gasteiger partial charge in [-0.3, -0.25) is 10.2 Å². The average molecular weight is 262 g/mol. The van der Waals surface area contributed by atoms with Crippen LogP contribution in [-0.4, -0.2) is 13.0 Å². The quantitative estimate of drug-likeness (QED) is 0.484. The molecule has 0 radical (unpaired) electrons. The minimum atomic E-state index is -0.410. The lowest BCUT2D eigenvalue weighted by Gasteiger charge is -2.08. The third kappa shape index (κ3) is 3.05. The fourth-order valence-corrected chi connectivity index (χ4v) is 1.55. The van der Waals surface area contributed by atoms with E-state index in [4.69, 9.17) is 19.7 Å². The molecule has 2 rings (SSSR count). The molecule has 1 heterocycles. The van der Waals surface area contributed by atoms with Crippen LogP contribution in [0, 0.1) is 0 Å². The summed E-state index contributed by atoms with van der Waals surface area (Å²) in [6.07, 6.45) is 1.32. The highest BCUT2D eigenvalue weighted by molar-refractivity contribution is 5.93. The van der Waals surface area contributed by atoms with Crippen molar-refractivity contribution in [2.75, 3.05) is 7.11 Å². The molecule has 0 saturated carbocycles. The summed E-state index contributed by atoms with van der Waals surface area (Å²) in [5, 5.41) is 0. The molecule has 0 spiro atoms. The van der Waals surface area contributed by atoms with Crippen molar-refractivity contribution in [3.8, 4) is 11.5 Å². The number of carbonyl (C=O) groups excluding carboxylic acids is 1. The van der Waals surface area contributed by atoms with E-state index in [1.54, 1.807) is 25.3 Å². The second-order valence-corrected chi connectivity index (χ2v) is 3.71. The van der Waals surface area contributed by atoms with Crippen molar-refractivity contribution < 1.29 is 18.7 Å². The highest BCUT2D eigenvalue weighted by atomic mass is 16.5. The van der Waals surface area contributed by atoms with Crippen molar-refractivity contribution in [1.82, 2.24) is 5.43 Å². The molecule has 0 aliphatic heterocycles. The molecule has 0 saturated heterocycles. The van der Waals surface area contributed by atoms with Gasteiger partial charge in [-0.25, -0.2) is 5.84 Å². The molecule has 1 aromatic heterocycles. The third-order valence-corrected chi connectivity index (χ3v) is 2.49. The van der Waals surface area contributed by atoms with E-state index in [0.717, 1.165) is 0 Å². The van der Waals surface area contributed by atoms with Gasteiger partial charge in [-0.1, -0.05) is 12.1 Å². The van der Waals surface area contributed by atoms with Crippen LogP contribution >= 0.6 is 0 Å². The van der Waals surface area contributed by atoms with Crippen molar-refractivity contribution in [3.63, 3.8) is 0 Å². The van der Waals surface area contributed by atoms with Crippen LogP contribution in [0.3, 0.4) is 0 Å². The number of hydrogen-bond donors (Lipinski definition) is 2. The van der Waals surface area contributed by atoms with Gasteiger partial charge in [0.1, 0.15) is 18.6 Å². The van der Waals surface area contributed by atoms with E-state index in [0.29, 0.717) is 22.8 Å². The molecule has 2 aromatic rings. The van der Waals surface area contributed by atoms with Gasteiger partial charge in [-0.15, -0.1) is 0 Å². The number of nitrogen functional groups attached to an aromatic ring is 1. The van der Waals surface area contributed by atoms with Crippen molar-refractivity contribution in [2.45, 2.75) is 6.61 Å². The number of hydrogen-bond acceptors (Lipinski definition) is 5. The van der Waals surface area contributed by atoms with Crippen LogP contribution in [0.4, 0.5) is 0 Å². The molecule has 1 aromatic carbocycles. The molecule has 6 nitrogen and oxygen atoms in total. The molecule has 0 unspecified atom stereocenters. The third-order valence-electron chi connectivity index (χ3n) is 2.49. The summed E-state index contributed by atoms with van der Waals surface area (Å²) < 4.78 is 15.9. The Bertz CT molecular complexity index is 565. The van der Waals surface area contributed by atoms with Gasteiger partial charge in [-0.2, -0.15) is 0 Å². The molecule has 6 heteroatoms. The Morgan fingerprint density at radius 3 is 2.79 bits per heavy atom. The zero-order chi connectivity index (χ0) is 13.7. The summed E-state index contributed by atoms with van der Waals surface area (Å²) in [4.78, 5) is 11.2. The van der Waals surface area contributed by atoms with Crippen molar-refractivity contribution >= 4 is 5.91 Å². The maximum absolute atomic E-state index is 11.2. The van der Waals surface area contributed by atoms with E-state index in [1.165, 1.54) is 6.26 Å². The minimum Gasteiger partial charge on any atom is -0.493 e. The molecule has 0 aliphatic rings. The molecule has 0 bridgehead atoms. The highest BCUT2D eigenvalue weighted by Gasteiger charge is 2.10. The van der Waals surface area contributed by atoms with Crippen LogP contribution in [0.2, 0.25) is 0 Å². The van der Waals surface area contributed by atoms with E-state index >= 15 is 0 Å². The lowest BCUT2D eigenvalue weighted by molar-refractivity contribution is 0.0953. The normalized spacial score (nSPS) is 10.0. The summed E-state index contributed by atoms with van der Waals surface area (Å²) in [5.41, 5.74) is 2.38. The Kier molecular flexibility index (Phi) is 4.04. The Morgan fingerprint density at radius 1 is 1.37 bits per heavy atom. The molecular weight excluding hydrogens is 248 g/mol. The van der Waals surface area contributed by atoms with Crippen LogP contribution < -0.4 is 20.7 Å². The van der Waals surface area contributed by atoms with E-state index in [9.17, 15) is 4.79 Å². The van der Waals surface area contributed by atoms with Gasteiger partial charge in [-0.05, 0) is 18.2 Å². The predicted octanol–water partition coefficient (Wildman–Crippen LogP) is 1.47. The van der Waals surface area contributed by atoms with Crippen LogP contribution in [0.5, 0.6) is 11.5 Å². The zero-order valence-corrected chi connectivity index (χ0v) is 10.4. The van der Waals surface area contributed by atoms with Gasteiger partial charge in [0.05, 0.1) is 12.7 Å². The standard InChI is InChI=1S/C13H14N2O4/c1-17-11-4-2-3-5-12(11)19-8-10-6-9(7-18-10)13(16)15-14/h2-7H,8,14H2,1H3,(H,15,16). The topological polar surface area (TPSA) is 86.7 Å². The number of methoxy groups -OCH3 is 1. The summed E-state index contributed by atoms with van der Waals surface area (Å²) in [5.74, 6) is 6.37. The van der Waals surface area contributed by atoms with Gasteiger partial charge >= 0.3 is 0 Å². The van der Waals surface area contributed by atoms with Crippen LogP contribution in [0.25, 0.3) is 0 Å². The molecular formula is C13H14N2O4. The molecule has 1 amide bonds. The molecule has 19 heavy (non-hydrogen) atoms. The fraction of sp³-hybridized carbons (Fsp3) is 0.154. The van der Waals surface area contributed by atoms with Gasteiger partial charge in [0.25, 0.3) is 5.91 Å². The van der Waals surface area contributed by atoms with Crippen LogP contribution in [-0.2, 0) is 6.61 Å². The van der Waals surface area contributed by atoms with Gasteiger partial charge in [0.2, 0.25) is 0 Å². The number of amides is 1. The van der Waals surface area contributed by atoms with E-state index in [1.807, 2.05) is 17.6 Å². The molecule has 3 N–H and O–H groups in total. The number of ether oxygens (including phenoxy) is 2. The number of nitrogens with two attached hydrogens (primary N) is 1. The lowest BCUT2D eigenvalue weighted by atomic mass is 10.3. The molecule has 0 aliphatic carbocycles. The second kappa shape index (κ2) is 5.92. The molecule has 100 valence electrons. The Morgan fingerprint density at radius 2 is 2.11 bits per heavy atom. The van der Waals surface area contributed by atoms with Crippen molar-refractivity contribution in [3.05, 3.63) is 47.9 Å². The second-order valence-electron chi connectivity index (χ2n) is 3.71. The summed E-state index contributed by atoms with van der Waals surface area (Å²) in [7, 11) is 1.57. The van der Waals surface area contributed by atoms with Crippen molar-refractivity contribution in [1.29, 1.82) is 0 Å². The smallest absolute Gasteiger partial charge is 0.268 e. The number of furan rings is 1. The Hall–Kier alpha value is -2.47. The first kappa shape index (κ1) is 13.0. The van der Waals surface area contributed by atoms with Crippen LogP contribution in [0.15, 0.2) is 41.0 Å². The molecule has 0 atom stereocenters. The van der Waals surface area contributed by atoms with Gasteiger partial charge < -0.3 is 13.9 Å².